The Hall–Kier alpha value is -3.17. The lowest BCUT2D eigenvalue weighted by Crippen LogP contribution is -2.25. The highest BCUT2D eigenvalue weighted by Gasteiger charge is 2.12. The highest BCUT2D eigenvalue weighted by atomic mass is 32.1. The van der Waals surface area contributed by atoms with Gasteiger partial charge in [0.2, 0.25) is 0 Å². The lowest BCUT2D eigenvalue weighted by atomic mass is 10.1. The molecule has 2 aromatic carbocycles. The van der Waals surface area contributed by atoms with Gasteiger partial charge in [0, 0.05) is 37.9 Å². The molecule has 2 N–H and O–H groups in total. The van der Waals surface area contributed by atoms with Crippen LogP contribution in [0, 0.1) is 4.77 Å². The van der Waals surface area contributed by atoms with Gasteiger partial charge in [0.1, 0.15) is 11.5 Å². The molecule has 31 heavy (non-hydrogen) atoms. The van der Waals surface area contributed by atoms with Crippen molar-refractivity contribution < 1.29 is 19.0 Å². The summed E-state index contributed by atoms with van der Waals surface area (Å²) in [4.78, 5) is 28.5. The first-order valence-electron chi connectivity index (χ1n) is 9.73. The number of benzene rings is 2. The number of carbonyl (C=O) groups excluding carboxylic acids is 1. The monoisotopic (exact) mass is 443 g/mol. The molecule has 3 aromatic rings. The first kappa shape index (κ1) is 22.5. The smallest absolute Gasteiger partial charge is 0.262 e. The molecular weight excluding hydrogens is 418 g/mol. The quantitative estimate of drug-likeness (QED) is 0.390. The first-order valence-corrected chi connectivity index (χ1v) is 10.1. The number of nitrogens with zero attached hydrogens (tertiary/aromatic N) is 1. The number of hydrogen-bond acceptors (Lipinski definition) is 6. The average molecular weight is 444 g/mol. The number of H-pyrrole nitrogens is 1. The maximum atomic E-state index is 12.8. The second kappa shape index (κ2) is 10.2. The summed E-state index contributed by atoms with van der Waals surface area (Å²) in [7, 11) is 4.76. The van der Waals surface area contributed by atoms with E-state index in [4.69, 9.17) is 26.4 Å². The van der Waals surface area contributed by atoms with Gasteiger partial charge in [0.25, 0.3) is 11.5 Å². The summed E-state index contributed by atoms with van der Waals surface area (Å²) in [5, 5.41) is 3.34. The van der Waals surface area contributed by atoms with Gasteiger partial charge < -0.3 is 24.5 Å². The summed E-state index contributed by atoms with van der Waals surface area (Å²) in [6.45, 7) is 1.26. The molecule has 0 radical (unpaired) electrons. The fourth-order valence-corrected chi connectivity index (χ4v) is 3.55. The predicted molar refractivity (Wildman–Crippen MR) is 121 cm³/mol. The van der Waals surface area contributed by atoms with Crippen LogP contribution < -0.4 is 20.3 Å². The third-order valence-electron chi connectivity index (χ3n) is 4.90. The lowest BCUT2D eigenvalue weighted by Gasteiger charge is -2.12. The Morgan fingerprint density at radius 1 is 1.13 bits per heavy atom. The van der Waals surface area contributed by atoms with Crippen LogP contribution in [0.3, 0.4) is 0 Å². The van der Waals surface area contributed by atoms with Gasteiger partial charge in [-0.25, -0.2) is 0 Å². The average Bonchev–Trinajstić information content (AvgIpc) is 2.79. The number of amides is 1. The van der Waals surface area contributed by atoms with Crippen molar-refractivity contribution in [1.82, 2.24) is 14.9 Å². The molecule has 0 unspecified atom stereocenters. The van der Waals surface area contributed by atoms with Crippen molar-refractivity contribution in [3.8, 4) is 11.5 Å². The molecule has 1 aromatic heterocycles. The molecule has 1 amide bonds. The van der Waals surface area contributed by atoms with E-state index in [0.29, 0.717) is 52.3 Å². The van der Waals surface area contributed by atoms with E-state index in [1.807, 2.05) is 6.07 Å². The second-order valence-electron chi connectivity index (χ2n) is 6.85. The minimum Gasteiger partial charge on any atom is -0.497 e. The van der Waals surface area contributed by atoms with Crippen molar-refractivity contribution in [1.29, 1.82) is 0 Å². The van der Waals surface area contributed by atoms with Crippen LogP contribution in [0.4, 0.5) is 0 Å². The number of fused-ring (bicyclic) bond motifs is 1. The maximum Gasteiger partial charge on any atom is 0.262 e. The van der Waals surface area contributed by atoms with Crippen LogP contribution in [0.2, 0.25) is 0 Å². The van der Waals surface area contributed by atoms with E-state index in [1.54, 1.807) is 51.7 Å². The van der Waals surface area contributed by atoms with Crippen molar-refractivity contribution >= 4 is 29.0 Å². The van der Waals surface area contributed by atoms with E-state index < -0.39 is 0 Å². The van der Waals surface area contributed by atoms with Gasteiger partial charge in [-0.1, -0.05) is 0 Å². The molecule has 164 valence electrons. The van der Waals surface area contributed by atoms with Gasteiger partial charge in [0.15, 0.2) is 4.77 Å². The van der Waals surface area contributed by atoms with Crippen molar-refractivity contribution in [2.45, 2.75) is 19.5 Å². The van der Waals surface area contributed by atoms with Crippen LogP contribution >= 0.6 is 12.2 Å². The van der Waals surface area contributed by atoms with E-state index in [9.17, 15) is 9.59 Å². The molecule has 0 saturated carbocycles. The number of aromatic nitrogens is 2. The molecule has 0 aliphatic rings. The van der Waals surface area contributed by atoms with Crippen LogP contribution in [-0.2, 0) is 17.8 Å². The second-order valence-corrected chi connectivity index (χ2v) is 7.24. The minimum absolute atomic E-state index is 0.192. The highest BCUT2D eigenvalue weighted by Crippen LogP contribution is 2.24. The van der Waals surface area contributed by atoms with Crippen LogP contribution in [0.15, 0.2) is 41.2 Å². The largest absolute Gasteiger partial charge is 0.497 e. The lowest BCUT2D eigenvalue weighted by molar-refractivity contribution is 0.0950. The SMILES string of the molecule is COCCCn1c(=S)[nH]c2cc(C(=O)NCc3cc(OC)ccc3OC)ccc2c1=O. The van der Waals surface area contributed by atoms with Gasteiger partial charge in [-0.15, -0.1) is 0 Å². The molecule has 0 saturated heterocycles. The third-order valence-corrected chi connectivity index (χ3v) is 5.22. The summed E-state index contributed by atoms with van der Waals surface area (Å²) >= 11 is 5.33. The summed E-state index contributed by atoms with van der Waals surface area (Å²) in [6.07, 6.45) is 0.674. The molecule has 1 heterocycles. The van der Waals surface area contributed by atoms with E-state index in [2.05, 4.69) is 10.3 Å². The Morgan fingerprint density at radius 2 is 1.94 bits per heavy atom. The Kier molecular flexibility index (Phi) is 7.43. The van der Waals surface area contributed by atoms with E-state index >= 15 is 0 Å². The Bertz CT molecular complexity index is 1200. The zero-order chi connectivity index (χ0) is 22.4. The first-order chi connectivity index (χ1) is 15.0. The van der Waals surface area contributed by atoms with Crippen molar-refractivity contribution in [2.24, 2.45) is 0 Å². The zero-order valence-corrected chi connectivity index (χ0v) is 18.5. The number of hydrogen-bond donors (Lipinski definition) is 2. The summed E-state index contributed by atoms with van der Waals surface area (Å²) in [5.74, 6) is 1.04. The number of methoxy groups -OCH3 is 3. The van der Waals surface area contributed by atoms with E-state index in [-0.39, 0.29) is 18.0 Å². The molecule has 0 bridgehead atoms. The van der Waals surface area contributed by atoms with Gasteiger partial charge in [-0.3, -0.25) is 14.2 Å². The number of nitrogens with one attached hydrogen (secondary N) is 2. The summed E-state index contributed by atoms with van der Waals surface area (Å²) < 4.78 is 17.4. The highest BCUT2D eigenvalue weighted by molar-refractivity contribution is 7.71. The topological polar surface area (TPSA) is 94.6 Å². The van der Waals surface area contributed by atoms with Crippen molar-refractivity contribution in [3.63, 3.8) is 0 Å². The molecule has 0 aliphatic carbocycles. The van der Waals surface area contributed by atoms with Crippen LogP contribution in [0.25, 0.3) is 10.9 Å². The fourth-order valence-electron chi connectivity index (χ4n) is 3.26. The van der Waals surface area contributed by atoms with Gasteiger partial charge in [0.05, 0.1) is 25.1 Å². The van der Waals surface area contributed by atoms with Crippen LogP contribution in [0.5, 0.6) is 11.5 Å². The van der Waals surface area contributed by atoms with E-state index in [1.165, 1.54) is 4.57 Å². The zero-order valence-electron chi connectivity index (χ0n) is 17.7. The van der Waals surface area contributed by atoms with Crippen LogP contribution in [-0.4, -0.2) is 43.4 Å². The number of aromatic amines is 1. The van der Waals surface area contributed by atoms with Crippen molar-refractivity contribution in [2.75, 3.05) is 27.9 Å². The number of carbonyl (C=O) groups is 1. The number of rotatable bonds is 9. The molecule has 0 atom stereocenters. The van der Waals surface area contributed by atoms with Crippen molar-refractivity contribution in [3.05, 3.63) is 62.6 Å². The normalized spacial score (nSPS) is 10.8. The molecular formula is C22H25N3O5S. The third kappa shape index (κ3) is 5.12. The molecule has 3 rings (SSSR count). The Labute approximate surface area is 184 Å². The summed E-state index contributed by atoms with van der Waals surface area (Å²) in [6, 6.07) is 10.3. The maximum absolute atomic E-state index is 12.8. The molecule has 8 nitrogen and oxygen atoms in total. The minimum atomic E-state index is -0.282. The Balaban J connectivity index is 1.82. The summed E-state index contributed by atoms with van der Waals surface area (Å²) in [5.41, 5.74) is 1.53. The Morgan fingerprint density at radius 3 is 2.65 bits per heavy atom. The molecule has 0 spiro atoms. The van der Waals surface area contributed by atoms with Gasteiger partial charge >= 0.3 is 0 Å². The van der Waals surface area contributed by atoms with E-state index in [0.717, 1.165) is 5.56 Å². The van der Waals surface area contributed by atoms with Crippen LogP contribution in [0.1, 0.15) is 22.3 Å². The van der Waals surface area contributed by atoms with Gasteiger partial charge in [-0.2, -0.15) is 0 Å². The standard InChI is InChI=1S/C22H25N3O5S/c1-28-10-4-9-25-21(27)17-7-5-14(12-18(17)24-22(25)31)20(26)23-13-15-11-16(29-2)6-8-19(15)30-3/h5-8,11-12H,4,9-10,13H2,1-3H3,(H,23,26)(H,24,31). The number of ether oxygens (including phenoxy) is 3. The molecule has 0 fully saturated rings. The van der Waals surface area contributed by atoms with Gasteiger partial charge in [-0.05, 0) is 55.0 Å². The molecule has 9 heteroatoms. The fraction of sp³-hybridized carbons (Fsp3) is 0.318. The predicted octanol–water partition coefficient (Wildman–Crippen LogP) is 3.04. The molecule has 0 aliphatic heterocycles.